The molecule has 0 aliphatic carbocycles. The lowest BCUT2D eigenvalue weighted by Crippen LogP contribution is -2.09. The van der Waals surface area contributed by atoms with Crippen molar-refractivity contribution < 1.29 is 27.4 Å². The quantitative estimate of drug-likeness (QED) is 0.764. The topological polar surface area (TPSA) is 48.4 Å². The smallest absolute Gasteiger partial charge is 0.310 e. The van der Waals surface area contributed by atoms with Gasteiger partial charge in [0.25, 0.3) is 12.3 Å². The molecule has 0 N–H and O–H groups in total. The third kappa shape index (κ3) is 3.08. The second-order valence-electron chi connectivity index (χ2n) is 3.08. The van der Waals surface area contributed by atoms with E-state index in [1.807, 2.05) is 0 Å². The molecule has 7 heteroatoms. The molecule has 1 aromatic heterocycles. The van der Waals surface area contributed by atoms with Gasteiger partial charge in [0.05, 0.1) is 20.6 Å². The minimum atomic E-state index is -2.87. The van der Waals surface area contributed by atoms with Gasteiger partial charge in [-0.15, -0.1) is 0 Å². The predicted molar refractivity (Wildman–Crippen MR) is 51.4 cm³/mol. The van der Waals surface area contributed by atoms with Crippen molar-refractivity contribution in [3.05, 3.63) is 23.1 Å². The Bertz CT molecular complexity index is 424. The molecule has 94 valence electrons. The van der Waals surface area contributed by atoms with E-state index in [9.17, 15) is 18.0 Å². The van der Waals surface area contributed by atoms with E-state index in [1.165, 1.54) is 0 Å². The van der Waals surface area contributed by atoms with Crippen LogP contribution in [0.2, 0.25) is 0 Å². The molecule has 0 amide bonds. The molecule has 0 aromatic carbocycles. The maximum absolute atomic E-state index is 13.6. The van der Waals surface area contributed by atoms with Crippen LogP contribution >= 0.6 is 0 Å². The minimum Gasteiger partial charge on any atom is -0.479 e. The first kappa shape index (κ1) is 13.3. The highest BCUT2D eigenvalue weighted by atomic mass is 19.3. The summed E-state index contributed by atoms with van der Waals surface area (Å²) >= 11 is 0. The second kappa shape index (κ2) is 5.51. The van der Waals surface area contributed by atoms with E-state index in [2.05, 4.69) is 14.5 Å². The Hall–Kier alpha value is -1.79. The number of halogens is 3. The lowest BCUT2D eigenvalue weighted by atomic mass is 10.1. The van der Waals surface area contributed by atoms with Crippen molar-refractivity contribution in [1.82, 2.24) is 4.98 Å². The molecule has 1 aromatic rings. The Labute approximate surface area is 95.4 Å². The summed E-state index contributed by atoms with van der Waals surface area (Å²) in [6.45, 7) is 0. The van der Waals surface area contributed by atoms with Crippen LogP contribution in [0.1, 0.15) is 17.7 Å². The first-order valence-electron chi connectivity index (χ1n) is 4.57. The molecular formula is C10H10F3NO3. The molecule has 4 nitrogen and oxygen atoms in total. The number of alkyl halides is 2. The van der Waals surface area contributed by atoms with Crippen LogP contribution in [-0.4, -0.2) is 25.2 Å². The van der Waals surface area contributed by atoms with Crippen LogP contribution in [0.3, 0.4) is 0 Å². The van der Waals surface area contributed by atoms with Gasteiger partial charge in [0.1, 0.15) is 5.69 Å². The number of carbonyl (C=O) groups is 1. The number of hydrogen-bond acceptors (Lipinski definition) is 4. The molecule has 0 saturated carbocycles. The summed E-state index contributed by atoms with van der Waals surface area (Å²) < 4.78 is 47.3. The predicted octanol–water partition coefficient (Wildman–Crippen LogP) is 1.88. The SMILES string of the molecule is COC(=O)Cc1cc(C(F)F)nc(OC)c1F. The maximum Gasteiger partial charge on any atom is 0.310 e. The number of pyridine rings is 1. The Morgan fingerprint density at radius 1 is 1.47 bits per heavy atom. The van der Waals surface area contributed by atoms with Gasteiger partial charge in [0, 0.05) is 5.56 Å². The fourth-order valence-corrected chi connectivity index (χ4v) is 1.18. The number of aromatic nitrogens is 1. The molecule has 0 aliphatic heterocycles. The summed E-state index contributed by atoms with van der Waals surface area (Å²) in [5.74, 6) is -2.25. The van der Waals surface area contributed by atoms with Gasteiger partial charge in [0.15, 0.2) is 5.82 Å². The number of ether oxygens (including phenoxy) is 2. The Morgan fingerprint density at radius 3 is 2.59 bits per heavy atom. The molecule has 1 rings (SSSR count). The summed E-state index contributed by atoms with van der Waals surface area (Å²) in [7, 11) is 2.22. The van der Waals surface area contributed by atoms with Crippen molar-refractivity contribution >= 4 is 5.97 Å². The fourth-order valence-electron chi connectivity index (χ4n) is 1.18. The van der Waals surface area contributed by atoms with Gasteiger partial charge in [-0.25, -0.2) is 18.2 Å². The molecule has 0 saturated heterocycles. The zero-order valence-corrected chi connectivity index (χ0v) is 9.17. The largest absolute Gasteiger partial charge is 0.479 e. The first-order chi connectivity index (χ1) is 7.99. The van der Waals surface area contributed by atoms with Gasteiger partial charge >= 0.3 is 5.97 Å². The number of esters is 1. The van der Waals surface area contributed by atoms with Crippen molar-refractivity contribution in [3.63, 3.8) is 0 Å². The molecule has 0 fully saturated rings. The van der Waals surface area contributed by atoms with Gasteiger partial charge < -0.3 is 9.47 Å². The summed E-state index contributed by atoms with van der Waals surface area (Å²) in [6, 6.07) is 0.819. The number of rotatable bonds is 4. The lowest BCUT2D eigenvalue weighted by molar-refractivity contribution is -0.139. The average molecular weight is 249 g/mol. The highest BCUT2D eigenvalue weighted by molar-refractivity contribution is 5.72. The lowest BCUT2D eigenvalue weighted by Gasteiger charge is -2.08. The van der Waals surface area contributed by atoms with Gasteiger partial charge in [-0.2, -0.15) is 0 Å². The molecule has 0 atom stereocenters. The number of nitrogens with zero attached hydrogens (tertiary/aromatic N) is 1. The zero-order valence-electron chi connectivity index (χ0n) is 9.17. The summed E-state index contributed by atoms with van der Waals surface area (Å²) in [5.41, 5.74) is -0.888. The van der Waals surface area contributed by atoms with Gasteiger partial charge in [-0.1, -0.05) is 0 Å². The van der Waals surface area contributed by atoms with Crippen molar-refractivity contribution in [3.8, 4) is 5.88 Å². The standard InChI is InChI=1S/C10H10F3NO3/c1-16-7(15)4-5-3-6(9(12)13)14-10(17-2)8(5)11/h3,9H,4H2,1-2H3. The van der Waals surface area contributed by atoms with Crippen LogP contribution < -0.4 is 4.74 Å². The summed E-state index contributed by atoms with van der Waals surface area (Å²) in [6.07, 6.45) is -3.33. The van der Waals surface area contributed by atoms with Gasteiger partial charge in [-0.05, 0) is 6.07 Å². The van der Waals surface area contributed by atoms with Gasteiger partial charge in [-0.3, -0.25) is 4.79 Å². The number of methoxy groups -OCH3 is 2. The Kier molecular flexibility index (Phi) is 4.30. The van der Waals surface area contributed by atoms with Crippen LogP contribution in [-0.2, 0) is 16.0 Å². The monoisotopic (exact) mass is 249 g/mol. The molecule has 1 heterocycles. The first-order valence-corrected chi connectivity index (χ1v) is 4.57. The van der Waals surface area contributed by atoms with E-state index >= 15 is 0 Å². The van der Waals surface area contributed by atoms with Crippen LogP contribution in [0.4, 0.5) is 13.2 Å². The van der Waals surface area contributed by atoms with Crippen LogP contribution in [0.5, 0.6) is 5.88 Å². The van der Waals surface area contributed by atoms with E-state index in [1.54, 1.807) is 0 Å². The second-order valence-corrected chi connectivity index (χ2v) is 3.08. The normalized spacial score (nSPS) is 10.5. The fraction of sp³-hybridized carbons (Fsp3) is 0.400. The molecule has 0 spiro atoms. The molecule has 0 radical (unpaired) electrons. The summed E-state index contributed by atoms with van der Waals surface area (Å²) in [5, 5.41) is 0. The van der Waals surface area contributed by atoms with E-state index in [4.69, 9.17) is 0 Å². The maximum atomic E-state index is 13.6. The Morgan fingerprint density at radius 2 is 2.12 bits per heavy atom. The van der Waals surface area contributed by atoms with E-state index < -0.39 is 36.2 Å². The van der Waals surface area contributed by atoms with Gasteiger partial charge in [0.2, 0.25) is 0 Å². The van der Waals surface area contributed by atoms with Crippen LogP contribution in [0.15, 0.2) is 6.07 Å². The Balaban J connectivity index is 3.17. The van der Waals surface area contributed by atoms with Crippen molar-refractivity contribution in [1.29, 1.82) is 0 Å². The van der Waals surface area contributed by atoms with E-state index in [0.29, 0.717) is 0 Å². The van der Waals surface area contributed by atoms with Crippen LogP contribution in [0, 0.1) is 5.82 Å². The van der Waals surface area contributed by atoms with Crippen LogP contribution in [0.25, 0.3) is 0 Å². The van der Waals surface area contributed by atoms with Crippen molar-refractivity contribution in [2.24, 2.45) is 0 Å². The van der Waals surface area contributed by atoms with E-state index in [-0.39, 0.29) is 5.56 Å². The number of hydrogen-bond donors (Lipinski definition) is 0. The number of carbonyl (C=O) groups excluding carboxylic acids is 1. The average Bonchev–Trinajstić information content (AvgIpc) is 2.31. The molecule has 0 aliphatic rings. The molecule has 0 unspecified atom stereocenters. The third-order valence-corrected chi connectivity index (χ3v) is 2.00. The molecular weight excluding hydrogens is 239 g/mol. The van der Waals surface area contributed by atoms with Crippen molar-refractivity contribution in [2.75, 3.05) is 14.2 Å². The van der Waals surface area contributed by atoms with Crippen molar-refractivity contribution in [2.45, 2.75) is 12.8 Å². The molecule has 17 heavy (non-hydrogen) atoms. The highest BCUT2D eigenvalue weighted by Crippen LogP contribution is 2.25. The third-order valence-electron chi connectivity index (χ3n) is 2.00. The minimum absolute atomic E-state index is 0.237. The summed E-state index contributed by atoms with van der Waals surface area (Å²) in [4.78, 5) is 14.3. The zero-order chi connectivity index (χ0) is 13.0. The molecule has 0 bridgehead atoms. The van der Waals surface area contributed by atoms with E-state index in [0.717, 1.165) is 20.3 Å². The highest BCUT2D eigenvalue weighted by Gasteiger charge is 2.20.